The number of hydrogen-bond acceptors (Lipinski definition) is 8. The molecule has 41 heavy (non-hydrogen) atoms. The first-order chi connectivity index (χ1) is 19.5. The van der Waals surface area contributed by atoms with Gasteiger partial charge in [0.25, 0.3) is 0 Å². The second-order valence-corrected chi connectivity index (χ2v) is 16.7. The van der Waals surface area contributed by atoms with Crippen molar-refractivity contribution in [1.29, 1.82) is 0 Å². The minimum Gasteiger partial charge on any atom is -0.493 e. The average Bonchev–Trinajstić information content (AvgIpc) is 3.43. The van der Waals surface area contributed by atoms with E-state index in [0.29, 0.717) is 12.8 Å². The number of rotatable bonds is 3. The Kier molecular flexibility index (Phi) is 7.37. The highest BCUT2D eigenvalue weighted by atomic mass is 32.2. The van der Waals surface area contributed by atoms with E-state index in [1.807, 2.05) is 28.4 Å². The molecular formula is C30H33N3O3S5. The smallest absolute Gasteiger partial charge is 0.342 e. The van der Waals surface area contributed by atoms with Gasteiger partial charge in [0.05, 0.1) is 16.6 Å². The Morgan fingerprint density at radius 1 is 1.07 bits per heavy atom. The van der Waals surface area contributed by atoms with Gasteiger partial charge in [-0.05, 0) is 102 Å². The van der Waals surface area contributed by atoms with Gasteiger partial charge in [-0.3, -0.25) is 9.69 Å². The molecule has 1 spiro atoms. The second kappa shape index (κ2) is 10.4. The van der Waals surface area contributed by atoms with Crippen molar-refractivity contribution in [3.63, 3.8) is 0 Å². The minimum absolute atomic E-state index is 0.276. The first-order valence-electron chi connectivity index (χ1n) is 13.6. The van der Waals surface area contributed by atoms with Crippen LogP contribution < -0.4 is 15.2 Å². The summed E-state index contributed by atoms with van der Waals surface area (Å²) in [6.45, 7) is 15.3. The normalized spacial score (nSPS) is 20.5. The molecule has 2 amide bonds. The van der Waals surface area contributed by atoms with E-state index in [4.69, 9.17) is 0 Å². The number of nitrogens with one attached hydrogen (secondary N) is 1. The van der Waals surface area contributed by atoms with Crippen LogP contribution in [0.2, 0.25) is 0 Å². The summed E-state index contributed by atoms with van der Waals surface area (Å²) in [5.74, 6) is 0.604. The third kappa shape index (κ3) is 4.09. The number of thioether (sulfide) groups is 4. The van der Waals surface area contributed by atoms with E-state index in [1.165, 1.54) is 41.7 Å². The van der Waals surface area contributed by atoms with E-state index in [1.54, 1.807) is 23.5 Å². The first kappa shape index (κ1) is 29.2. The molecule has 0 aliphatic carbocycles. The molecule has 4 aliphatic heterocycles. The molecule has 0 atom stereocenters. The molecule has 1 aromatic heterocycles. The molecule has 1 aromatic carbocycles. The lowest BCUT2D eigenvalue weighted by Gasteiger charge is -2.54. The Balaban J connectivity index is 1.69. The maximum absolute atomic E-state index is 14.5. The van der Waals surface area contributed by atoms with Gasteiger partial charge in [0.2, 0.25) is 5.88 Å². The predicted molar refractivity (Wildman–Crippen MR) is 181 cm³/mol. The van der Waals surface area contributed by atoms with Gasteiger partial charge in [0.1, 0.15) is 4.08 Å². The lowest BCUT2D eigenvalue weighted by Crippen LogP contribution is -2.59. The summed E-state index contributed by atoms with van der Waals surface area (Å²) in [5, 5.41) is 13.8. The number of allylic oxidation sites excluding steroid dienone is 3. The average molecular weight is 644 g/mol. The molecule has 0 radical (unpaired) electrons. The highest BCUT2D eigenvalue weighted by molar-refractivity contribution is 8.25. The number of carbonyl (C=O) groups is 1. The highest BCUT2D eigenvalue weighted by Crippen LogP contribution is 2.71. The predicted octanol–water partition coefficient (Wildman–Crippen LogP) is 9.06. The van der Waals surface area contributed by atoms with Crippen LogP contribution in [0.15, 0.2) is 46.8 Å². The van der Waals surface area contributed by atoms with E-state index < -0.39 is 16.4 Å². The maximum Gasteiger partial charge on any atom is 0.342 e. The maximum atomic E-state index is 14.5. The molecule has 216 valence electrons. The van der Waals surface area contributed by atoms with Crippen molar-refractivity contribution in [2.45, 2.75) is 76.7 Å². The second-order valence-electron chi connectivity index (χ2n) is 10.7. The molecule has 0 unspecified atom stereocenters. The zero-order chi connectivity index (χ0) is 29.4. The lowest BCUT2D eigenvalue weighted by atomic mass is 9.77. The molecule has 0 saturated carbocycles. The number of anilines is 1. The number of benzene rings is 1. The molecule has 0 fully saturated rings. The Hall–Kier alpha value is -1.92. The minimum atomic E-state index is -0.654. The Bertz CT molecular complexity index is 1670. The molecule has 5 heterocycles. The fraction of sp³-hybridized carbons (Fsp3) is 0.400. The number of thiazole rings is 1. The molecule has 4 aliphatic rings. The number of aromatic nitrogens is 1. The fourth-order valence-corrected chi connectivity index (χ4v) is 13.0. The topological polar surface area (TPSA) is 74.6 Å². The van der Waals surface area contributed by atoms with Crippen molar-refractivity contribution in [1.82, 2.24) is 4.68 Å². The monoisotopic (exact) mass is 643 g/mol. The molecule has 6 rings (SSSR count). The van der Waals surface area contributed by atoms with Crippen molar-refractivity contribution < 1.29 is 9.90 Å². The summed E-state index contributed by atoms with van der Waals surface area (Å²) in [5.41, 5.74) is 10.2. The molecule has 6 nitrogen and oxygen atoms in total. The van der Waals surface area contributed by atoms with Crippen LogP contribution in [0.25, 0.3) is 11.6 Å². The summed E-state index contributed by atoms with van der Waals surface area (Å²) < 4.78 is 0.633. The number of amides is 2. The Morgan fingerprint density at radius 2 is 1.76 bits per heavy atom. The van der Waals surface area contributed by atoms with E-state index in [2.05, 4.69) is 71.4 Å². The van der Waals surface area contributed by atoms with Gasteiger partial charge in [0.15, 0.2) is 0 Å². The van der Waals surface area contributed by atoms with Gasteiger partial charge >= 0.3 is 10.9 Å². The van der Waals surface area contributed by atoms with E-state index >= 15 is 0 Å². The van der Waals surface area contributed by atoms with Crippen LogP contribution in [0.3, 0.4) is 0 Å². The van der Waals surface area contributed by atoms with E-state index in [0.717, 1.165) is 44.1 Å². The number of hydrogen-bond donors (Lipinski definition) is 2. The molecule has 11 heteroatoms. The van der Waals surface area contributed by atoms with Crippen LogP contribution in [0.1, 0.15) is 76.6 Å². The lowest BCUT2D eigenvalue weighted by molar-refractivity contribution is 0.246. The molecule has 0 bridgehead atoms. The van der Waals surface area contributed by atoms with Crippen molar-refractivity contribution in [2.75, 3.05) is 10.3 Å². The van der Waals surface area contributed by atoms with Gasteiger partial charge in [-0.2, -0.15) is 4.68 Å². The number of aromatic hydroxyl groups is 1. The van der Waals surface area contributed by atoms with Crippen LogP contribution in [0.4, 0.5) is 10.5 Å². The number of fused-ring (bicyclic) bond motifs is 4. The first-order valence-corrected chi connectivity index (χ1v) is 18.0. The zero-order valence-electron chi connectivity index (χ0n) is 24.1. The SMILES string of the molecule is CCC1(CC)C2=C(c3cc4c(c(C)c3N1C(=O)Nn1c(O)csc1=O)C=CSC4)C1(SC(C)=C(C)S1)C(C)=C(C)S2. The largest absolute Gasteiger partial charge is 0.493 e. The van der Waals surface area contributed by atoms with Crippen molar-refractivity contribution in [2.24, 2.45) is 0 Å². The van der Waals surface area contributed by atoms with Crippen molar-refractivity contribution >= 4 is 81.8 Å². The van der Waals surface area contributed by atoms with Crippen molar-refractivity contribution in [3.05, 3.63) is 74.0 Å². The quantitative estimate of drug-likeness (QED) is 0.346. The van der Waals surface area contributed by atoms with Crippen LogP contribution in [0, 0.1) is 6.92 Å². The molecule has 2 aromatic rings. The van der Waals surface area contributed by atoms with Gasteiger partial charge in [-0.1, -0.05) is 36.9 Å². The molecule has 2 N–H and O–H groups in total. The van der Waals surface area contributed by atoms with Crippen LogP contribution >= 0.6 is 58.4 Å². The van der Waals surface area contributed by atoms with Gasteiger partial charge in [-0.25, -0.2) is 10.2 Å². The van der Waals surface area contributed by atoms with Gasteiger partial charge in [-0.15, -0.1) is 35.3 Å². The summed E-state index contributed by atoms with van der Waals surface area (Å²) >= 11 is 8.31. The Morgan fingerprint density at radius 3 is 2.37 bits per heavy atom. The molecular weight excluding hydrogens is 611 g/mol. The van der Waals surface area contributed by atoms with Crippen LogP contribution in [-0.2, 0) is 5.75 Å². The molecule has 0 saturated heterocycles. The summed E-state index contributed by atoms with van der Waals surface area (Å²) in [7, 11) is 0. The van der Waals surface area contributed by atoms with Crippen LogP contribution in [-0.4, -0.2) is 25.4 Å². The summed E-state index contributed by atoms with van der Waals surface area (Å²) in [6, 6.07) is 1.89. The number of carbonyl (C=O) groups excluding carboxylic acids is 1. The highest BCUT2D eigenvalue weighted by Gasteiger charge is 2.57. The zero-order valence-corrected chi connectivity index (χ0v) is 28.2. The summed E-state index contributed by atoms with van der Waals surface area (Å²) in [4.78, 5) is 33.6. The van der Waals surface area contributed by atoms with Crippen molar-refractivity contribution in [3.8, 4) is 5.88 Å². The number of urea groups is 1. The van der Waals surface area contributed by atoms with Crippen LogP contribution in [0.5, 0.6) is 5.88 Å². The van der Waals surface area contributed by atoms with E-state index in [9.17, 15) is 14.7 Å². The Labute approximate surface area is 261 Å². The van der Waals surface area contributed by atoms with Gasteiger partial charge in [0, 0.05) is 21.8 Å². The van der Waals surface area contributed by atoms with Gasteiger partial charge < -0.3 is 5.11 Å². The number of nitrogens with zero attached hydrogens (tertiary/aromatic N) is 2. The third-order valence-corrected chi connectivity index (χ3v) is 15.1. The van der Waals surface area contributed by atoms with E-state index in [-0.39, 0.29) is 9.96 Å². The summed E-state index contributed by atoms with van der Waals surface area (Å²) in [6.07, 6.45) is 3.54. The third-order valence-electron chi connectivity index (χ3n) is 8.77. The standard InChI is InChI=1S/C30H33N3O3S5/c1-8-29(9-2)26-24(30(16(4)17(5)39-26)40-18(6)19(7)41-30)22-12-20-13-37-11-10-21(20)15(3)25(22)32(29)27(35)31-33-23(34)14-38-28(33)36/h10-12,14,34H,8-9,13H2,1-7H3,(H,31,35). The fourth-order valence-electron chi connectivity index (χ4n) is 6.35.